The van der Waals surface area contributed by atoms with Crippen LogP contribution in [0.3, 0.4) is 0 Å². The van der Waals surface area contributed by atoms with Crippen LogP contribution in [0.1, 0.15) is 30.1 Å². The van der Waals surface area contributed by atoms with Gasteiger partial charge in [0.05, 0.1) is 19.4 Å². The van der Waals surface area contributed by atoms with Crippen molar-refractivity contribution in [2.24, 2.45) is 0 Å². The van der Waals surface area contributed by atoms with Gasteiger partial charge in [0.1, 0.15) is 16.7 Å². The number of aromatic nitrogens is 2. The summed E-state index contributed by atoms with van der Waals surface area (Å²) in [6.07, 6.45) is 4.18. The highest BCUT2D eigenvalue weighted by Gasteiger charge is 2.30. The Kier molecular flexibility index (Phi) is 3.53. The van der Waals surface area contributed by atoms with E-state index >= 15 is 0 Å². The molecule has 0 bridgehead atoms. The maximum absolute atomic E-state index is 5.98. The molecule has 100 valence electrons. The second-order valence-corrected chi connectivity index (χ2v) is 5.35. The lowest BCUT2D eigenvalue weighted by molar-refractivity contribution is 0.219. The largest absolute Gasteiger partial charge is 0.468 e. The van der Waals surface area contributed by atoms with Crippen molar-refractivity contribution in [2.75, 3.05) is 0 Å². The Morgan fingerprint density at radius 3 is 2.84 bits per heavy atom. The molecular weight excluding hydrogens is 262 g/mol. The summed E-state index contributed by atoms with van der Waals surface area (Å²) >= 11 is 5.98. The van der Waals surface area contributed by atoms with Crippen LogP contribution in [0.4, 0.5) is 0 Å². The zero-order valence-electron chi connectivity index (χ0n) is 10.8. The van der Waals surface area contributed by atoms with Crippen LogP contribution in [0.25, 0.3) is 0 Å². The van der Waals surface area contributed by atoms with E-state index in [1.165, 1.54) is 12.8 Å². The zero-order chi connectivity index (χ0) is 13.2. The Balaban J connectivity index is 1.74. The van der Waals surface area contributed by atoms with Crippen molar-refractivity contribution in [3.63, 3.8) is 0 Å². The summed E-state index contributed by atoms with van der Waals surface area (Å²) < 4.78 is 5.42. The number of rotatable bonds is 5. The van der Waals surface area contributed by atoms with E-state index in [2.05, 4.69) is 14.9 Å². The van der Waals surface area contributed by atoms with Gasteiger partial charge in [0.15, 0.2) is 0 Å². The third-order valence-electron chi connectivity index (χ3n) is 3.22. The fourth-order valence-electron chi connectivity index (χ4n) is 2.20. The summed E-state index contributed by atoms with van der Waals surface area (Å²) in [5.74, 6) is 1.76. The molecule has 1 aliphatic carbocycles. The van der Waals surface area contributed by atoms with E-state index in [1.807, 2.05) is 19.1 Å². The fourth-order valence-corrected chi connectivity index (χ4v) is 2.45. The van der Waals surface area contributed by atoms with Gasteiger partial charge in [0, 0.05) is 11.7 Å². The van der Waals surface area contributed by atoms with Crippen molar-refractivity contribution in [2.45, 2.75) is 38.9 Å². The summed E-state index contributed by atoms with van der Waals surface area (Å²) in [7, 11) is 0. The molecule has 19 heavy (non-hydrogen) atoms. The van der Waals surface area contributed by atoms with Crippen LogP contribution >= 0.6 is 11.6 Å². The molecule has 0 atom stereocenters. The van der Waals surface area contributed by atoms with E-state index in [1.54, 1.807) is 12.3 Å². The average molecular weight is 278 g/mol. The summed E-state index contributed by atoms with van der Waals surface area (Å²) in [5, 5.41) is 0.510. The van der Waals surface area contributed by atoms with E-state index in [4.69, 9.17) is 16.0 Å². The first-order valence-electron chi connectivity index (χ1n) is 6.47. The Morgan fingerprint density at radius 2 is 2.21 bits per heavy atom. The Bertz CT molecular complexity index is 532. The van der Waals surface area contributed by atoms with Crippen LogP contribution in [0.15, 0.2) is 28.9 Å². The van der Waals surface area contributed by atoms with Crippen molar-refractivity contribution in [3.05, 3.63) is 46.9 Å². The number of hydrogen-bond donors (Lipinski definition) is 0. The predicted octanol–water partition coefficient (Wildman–Crippen LogP) is 3.20. The van der Waals surface area contributed by atoms with Gasteiger partial charge in [-0.2, -0.15) is 0 Å². The molecule has 0 radical (unpaired) electrons. The smallest absolute Gasteiger partial charge is 0.144 e. The Hall–Kier alpha value is -1.39. The minimum absolute atomic E-state index is 0.510. The van der Waals surface area contributed by atoms with E-state index in [0.29, 0.717) is 17.7 Å². The van der Waals surface area contributed by atoms with E-state index < -0.39 is 0 Å². The zero-order valence-corrected chi connectivity index (χ0v) is 11.6. The minimum Gasteiger partial charge on any atom is -0.468 e. The lowest BCUT2D eigenvalue weighted by Gasteiger charge is -2.19. The van der Waals surface area contributed by atoms with E-state index in [0.717, 1.165) is 23.8 Å². The molecule has 1 aliphatic rings. The Labute approximate surface area is 117 Å². The van der Waals surface area contributed by atoms with Gasteiger partial charge in [0.2, 0.25) is 0 Å². The topological polar surface area (TPSA) is 42.2 Å². The standard InChI is InChI=1S/C14H16ClN3O/c1-10-7-13(15)17-14(16-10)9-18(11-4-5-11)8-12-3-2-6-19-12/h2-3,6-7,11H,4-5,8-9H2,1H3. The predicted molar refractivity (Wildman–Crippen MR) is 72.8 cm³/mol. The number of halogens is 1. The molecule has 1 saturated carbocycles. The van der Waals surface area contributed by atoms with Crippen molar-refractivity contribution in [1.29, 1.82) is 0 Å². The quantitative estimate of drug-likeness (QED) is 0.787. The second-order valence-electron chi connectivity index (χ2n) is 4.96. The Morgan fingerprint density at radius 1 is 1.37 bits per heavy atom. The number of hydrogen-bond acceptors (Lipinski definition) is 4. The molecule has 5 heteroatoms. The van der Waals surface area contributed by atoms with Crippen LogP contribution in [-0.4, -0.2) is 20.9 Å². The first kappa shape index (κ1) is 12.6. The molecule has 2 aromatic heterocycles. The van der Waals surface area contributed by atoms with Crippen LogP contribution in [-0.2, 0) is 13.1 Å². The molecule has 2 aromatic rings. The fraction of sp³-hybridized carbons (Fsp3) is 0.429. The lowest BCUT2D eigenvalue weighted by Crippen LogP contribution is -2.26. The highest BCUT2D eigenvalue weighted by molar-refractivity contribution is 6.29. The van der Waals surface area contributed by atoms with Gasteiger partial charge in [-0.3, -0.25) is 4.90 Å². The first-order valence-corrected chi connectivity index (χ1v) is 6.85. The highest BCUT2D eigenvalue weighted by atomic mass is 35.5. The maximum atomic E-state index is 5.98. The van der Waals surface area contributed by atoms with Crippen molar-refractivity contribution >= 4 is 11.6 Å². The van der Waals surface area contributed by atoms with Gasteiger partial charge in [-0.25, -0.2) is 9.97 Å². The second kappa shape index (κ2) is 5.31. The molecule has 0 aliphatic heterocycles. The lowest BCUT2D eigenvalue weighted by atomic mass is 10.3. The van der Waals surface area contributed by atoms with Crippen LogP contribution in [0.2, 0.25) is 5.15 Å². The molecule has 0 spiro atoms. The van der Waals surface area contributed by atoms with Crippen LogP contribution < -0.4 is 0 Å². The molecule has 0 aromatic carbocycles. The molecule has 0 amide bonds. The normalized spacial score (nSPS) is 15.1. The summed E-state index contributed by atoms with van der Waals surface area (Å²) in [6, 6.07) is 6.31. The van der Waals surface area contributed by atoms with Crippen molar-refractivity contribution < 1.29 is 4.42 Å². The van der Waals surface area contributed by atoms with Crippen molar-refractivity contribution in [3.8, 4) is 0 Å². The van der Waals surface area contributed by atoms with Gasteiger partial charge in [-0.15, -0.1) is 0 Å². The molecule has 0 N–H and O–H groups in total. The summed E-state index contributed by atoms with van der Waals surface area (Å²) in [4.78, 5) is 11.1. The van der Waals surface area contributed by atoms with Gasteiger partial charge in [-0.1, -0.05) is 11.6 Å². The van der Waals surface area contributed by atoms with Gasteiger partial charge >= 0.3 is 0 Å². The summed E-state index contributed by atoms with van der Waals surface area (Å²) in [6.45, 7) is 3.45. The molecular formula is C14H16ClN3O. The maximum Gasteiger partial charge on any atom is 0.144 e. The molecule has 3 rings (SSSR count). The average Bonchev–Trinajstić information content (AvgIpc) is 3.06. The highest BCUT2D eigenvalue weighted by Crippen LogP contribution is 2.29. The SMILES string of the molecule is Cc1cc(Cl)nc(CN(Cc2ccco2)C2CC2)n1. The number of nitrogens with zero attached hydrogens (tertiary/aromatic N) is 3. The van der Waals surface area contributed by atoms with Gasteiger partial charge in [-0.05, 0) is 38.0 Å². The molecule has 0 unspecified atom stereocenters. The monoisotopic (exact) mass is 277 g/mol. The third kappa shape index (κ3) is 3.33. The third-order valence-corrected chi connectivity index (χ3v) is 3.41. The van der Waals surface area contributed by atoms with Gasteiger partial charge in [0.25, 0.3) is 0 Å². The van der Waals surface area contributed by atoms with E-state index in [-0.39, 0.29) is 0 Å². The number of furan rings is 1. The molecule has 4 nitrogen and oxygen atoms in total. The minimum atomic E-state index is 0.510. The van der Waals surface area contributed by atoms with Crippen LogP contribution in [0, 0.1) is 6.92 Å². The molecule has 0 saturated heterocycles. The number of aryl methyl sites for hydroxylation is 1. The van der Waals surface area contributed by atoms with E-state index in [9.17, 15) is 0 Å². The molecule has 2 heterocycles. The van der Waals surface area contributed by atoms with Crippen molar-refractivity contribution in [1.82, 2.24) is 14.9 Å². The molecule has 1 fully saturated rings. The van der Waals surface area contributed by atoms with Gasteiger partial charge < -0.3 is 4.42 Å². The van der Waals surface area contributed by atoms with Crippen LogP contribution in [0.5, 0.6) is 0 Å². The first-order chi connectivity index (χ1) is 9.20. The summed E-state index contributed by atoms with van der Waals surface area (Å²) in [5.41, 5.74) is 0.906.